The highest BCUT2D eigenvalue weighted by Crippen LogP contribution is 2.16. The summed E-state index contributed by atoms with van der Waals surface area (Å²) in [4.78, 5) is 0. The average molecular weight is 144 g/mol. The van der Waals surface area contributed by atoms with Gasteiger partial charge < -0.3 is 4.52 Å². The number of rotatable bonds is 1. The quantitative estimate of drug-likeness (QED) is 0.612. The number of benzene rings is 1. The highest BCUT2D eigenvalue weighted by molar-refractivity contribution is 5.55. The third-order valence-corrected chi connectivity index (χ3v) is 1.43. The van der Waals surface area contributed by atoms with Crippen molar-refractivity contribution in [2.24, 2.45) is 0 Å². The number of hydrogen-bond acceptors (Lipinski definition) is 2. The second kappa shape index (κ2) is 2.58. The fourth-order valence-corrected chi connectivity index (χ4v) is 0.911. The van der Waals surface area contributed by atoms with Crippen LogP contribution in [0.25, 0.3) is 11.3 Å². The lowest BCUT2D eigenvalue weighted by molar-refractivity contribution is 0.432. The summed E-state index contributed by atoms with van der Waals surface area (Å²) in [6.45, 7) is 0. The van der Waals surface area contributed by atoms with Crippen molar-refractivity contribution in [2.45, 2.75) is 0 Å². The zero-order valence-electron chi connectivity index (χ0n) is 5.82. The smallest absolute Gasteiger partial charge is 0.166 e. The van der Waals surface area contributed by atoms with Crippen molar-refractivity contribution in [3.63, 3.8) is 0 Å². The lowest BCUT2D eigenvalue weighted by Gasteiger charge is -1.90. The molecule has 0 aliphatic carbocycles. The minimum Gasteiger partial charge on any atom is -0.356 e. The van der Waals surface area contributed by atoms with Crippen molar-refractivity contribution in [1.29, 1.82) is 0 Å². The first-order valence-corrected chi connectivity index (χ1v) is 3.34. The van der Waals surface area contributed by atoms with Crippen LogP contribution in [-0.2, 0) is 0 Å². The van der Waals surface area contributed by atoms with E-state index in [1.807, 2.05) is 30.3 Å². The highest BCUT2D eigenvalue weighted by Gasteiger charge is 1.97. The SMILES string of the molecule is [c]1cccc(-c2ccno2)c1. The summed E-state index contributed by atoms with van der Waals surface area (Å²) in [5, 5.41) is 3.61. The molecule has 0 fully saturated rings. The van der Waals surface area contributed by atoms with Crippen LogP contribution >= 0.6 is 0 Å². The minimum absolute atomic E-state index is 0.779. The van der Waals surface area contributed by atoms with Crippen LogP contribution < -0.4 is 0 Å². The summed E-state index contributed by atoms with van der Waals surface area (Å²) in [7, 11) is 0. The summed E-state index contributed by atoms with van der Waals surface area (Å²) in [5.74, 6) is 0.779. The van der Waals surface area contributed by atoms with Crippen LogP contribution in [0.4, 0.5) is 0 Å². The molecule has 2 rings (SSSR count). The van der Waals surface area contributed by atoms with Crippen LogP contribution in [0.2, 0.25) is 0 Å². The summed E-state index contributed by atoms with van der Waals surface area (Å²) in [6.07, 6.45) is 1.63. The Hall–Kier alpha value is -1.57. The molecule has 1 radical (unpaired) electrons. The van der Waals surface area contributed by atoms with E-state index in [0.29, 0.717) is 0 Å². The van der Waals surface area contributed by atoms with Crippen molar-refractivity contribution in [3.05, 3.63) is 42.6 Å². The van der Waals surface area contributed by atoms with Gasteiger partial charge in [0.25, 0.3) is 0 Å². The molecular weight excluding hydrogens is 138 g/mol. The van der Waals surface area contributed by atoms with Crippen LogP contribution in [0.1, 0.15) is 0 Å². The van der Waals surface area contributed by atoms with E-state index in [1.165, 1.54) is 0 Å². The summed E-state index contributed by atoms with van der Waals surface area (Å²) in [5.41, 5.74) is 1.00. The normalized spacial score (nSPS) is 9.82. The Kier molecular flexibility index (Phi) is 1.44. The lowest BCUT2D eigenvalue weighted by Crippen LogP contribution is -1.70. The van der Waals surface area contributed by atoms with Crippen LogP contribution in [-0.4, -0.2) is 5.16 Å². The van der Waals surface area contributed by atoms with Crippen LogP contribution in [0.15, 0.2) is 41.1 Å². The summed E-state index contributed by atoms with van der Waals surface area (Å²) >= 11 is 0. The van der Waals surface area contributed by atoms with Gasteiger partial charge in [0.05, 0.1) is 6.20 Å². The van der Waals surface area contributed by atoms with Crippen LogP contribution in [0, 0.1) is 6.07 Å². The predicted octanol–water partition coefficient (Wildman–Crippen LogP) is 2.14. The Morgan fingerprint density at radius 1 is 1.36 bits per heavy atom. The van der Waals surface area contributed by atoms with E-state index in [0.717, 1.165) is 11.3 Å². The zero-order valence-corrected chi connectivity index (χ0v) is 5.82. The summed E-state index contributed by atoms with van der Waals surface area (Å²) in [6, 6.07) is 12.4. The molecule has 0 atom stereocenters. The zero-order chi connectivity index (χ0) is 7.52. The Morgan fingerprint density at radius 2 is 2.36 bits per heavy atom. The van der Waals surface area contributed by atoms with E-state index in [9.17, 15) is 0 Å². The molecule has 0 aliphatic heterocycles. The monoisotopic (exact) mass is 144 g/mol. The van der Waals surface area contributed by atoms with Gasteiger partial charge in [-0.3, -0.25) is 0 Å². The Balaban J connectivity index is 2.46. The Labute approximate surface area is 64.5 Å². The predicted molar refractivity (Wildman–Crippen MR) is 40.8 cm³/mol. The molecule has 11 heavy (non-hydrogen) atoms. The minimum atomic E-state index is 0.779. The fourth-order valence-electron chi connectivity index (χ4n) is 0.911. The van der Waals surface area contributed by atoms with Gasteiger partial charge in [-0.2, -0.15) is 0 Å². The molecule has 0 amide bonds. The van der Waals surface area contributed by atoms with Crippen LogP contribution in [0.3, 0.4) is 0 Å². The van der Waals surface area contributed by atoms with Crippen molar-refractivity contribution >= 4 is 0 Å². The molecule has 0 N–H and O–H groups in total. The molecule has 0 bridgehead atoms. The average Bonchev–Trinajstić information content (AvgIpc) is 2.58. The maximum absolute atomic E-state index is 4.95. The standard InChI is InChI=1S/C9H6NO/c1-2-4-8(5-3-1)9-6-7-10-11-9/h1-2,4-7H. The molecule has 2 aromatic rings. The number of aromatic nitrogens is 1. The molecule has 0 aliphatic rings. The maximum atomic E-state index is 4.95. The number of hydrogen-bond donors (Lipinski definition) is 0. The molecule has 1 heterocycles. The maximum Gasteiger partial charge on any atom is 0.166 e. The first kappa shape index (κ1) is 6.16. The molecule has 2 nitrogen and oxygen atoms in total. The largest absolute Gasteiger partial charge is 0.356 e. The van der Waals surface area contributed by atoms with Gasteiger partial charge in [-0.05, 0) is 12.1 Å². The second-order valence-electron chi connectivity index (χ2n) is 2.17. The first-order valence-electron chi connectivity index (χ1n) is 3.34. The molecule has 0 saturated heterocycles. The Morgan fingerprint density at radius 3 is 3.00 bits per heavy atom. The van der Waals surface area contributed by atoms with E-state index in [1.54, 1.807) is 6.20 Å². The topological polar surface area (TPSA) is 26.0 Å². The molecule has 2 heteroatoms. The molecular formula is C9H6NO. The summed E-state index contributed by atoms with van der Waals surface area (Å²) < 4.78 is 4.95. The molecule has 0 unspecified atom stereocenters. The first-order chi connectivity index (χ1) is 5.47. The van der Waals surface area contributed by atoms with Gasteiger partial charge in [0.15, 0.2) is 5.76 Å². The third kappa shape index (κ3) is 1.15. The number of nitrogens with zero attached hydrogens (tertiary/aromatic N) is 1. The van der Waals surface area contributed by atoms with Crippen molar-refractivity contribution in [2.75, 3.05) is 0 Å². The molecule has 0 spiro atoms. The van der Waals surface area contributed by atoms with E-state index in [4.69, 9.17) is 4.52 Å². The molecule has 0 saturated carbocycles. The van der Waals surface area contributed by atoms with Gasteiger partial charge in [0.1, 0.15) is 0 Å². The van der Waals surface area contributed by atoms with Crippen LogP contribution in [0.5, 0.6) is 0 Å². The molecule has 1 aromatic carbocycles. The fraction of sp³-hybridized carbons (Fsp3) is 0. The van der Waals surface area contributed by atoms with Gasteiger partial charge in [-0.15, -0.1) is 0 Å². The van der Waals surface area contributed by atoms with Crippen molar-refractivity contribution < 1.29 is 4.52 Å². The van der Waals surface area contributed by atoms with Crippen molar-refractivity contribution in [1.82, 2.24) is 5.16 Å². The van der Waals surface area contributed by atoms with E-state index in [-0.39, 0.29) is 0 Å². The second-order valence-corrected chi connectivity index (χ2v) is 2.17. The van der Waals surface area contributed by atoms with Gasteiger partial charge in [0.2, 0.25) is 0 Å². The van der Waals surface area contributed by atoms with Gasteiger partial charge in [-0.25, -0.2) is 0 Å². The Bertz CT molecular complexity index is 313. The highest BCUT2D eigenvalue weighted by atomic mass is 16.5. The molecule has 1 aromatic heterocycles. The van der Waals surface area contributed by atoms with Crippen molar-refractivity contribution in [3.8, 4) is 11.3 Å². The van der Waals surface area contributed by atoms with Gasteiger partial charge in [-0.1, -0.05) is 23.4 Å². The van der Waals surface area contributed by atoms with Gasteiger partial charge >= 0.3 is 0 Å². The van der Waals surface area contributed by atoms with Gasteiger partial charge in [0, 0.05) is 11.6 Å². The van der Waals surface area contributed by atoms with E-state index >= 15 is 0 Å². The van der Waals surface area contributed by atoms with E-state index < -0.39 is 0 Å². The molecule has 53 valence electrons. The third-order valence-electron chi connectivity index (χ3n) is 1.43. The van der Waals surface area contributed by atoms with E-state index in [2.05, 4.69) is 11.2 Å². The lowest BCUT2D eigenvalue weighted by atomic mass is 10.2.